The number of rotatable bonds is 6. The maximum absolute atomic E-state index is 10.7. The summed E-state index contributed by atoms with van der Waals surface area (Å²) in [5, 5.41) is 8.80. The van der Waals surface area contributed by atoms with Gasteiger partial charge in [-0.05, 0) is 26.2 Å². The Labute approximate surface area is 85.5 Å². The molecule has 0 aromatic heterocycles. The van der Waals surface area contributed by atoms with Crippen LogP contribution in [0.25, 0.3) is 0 Å². The summed E-state index contributed by atoms with van der Waals surface area (Å²) in [7, 11) is 0. The van der Waals surface area contributed by atoms with E-state index in [9.17, 15) is 4.79 Å². The van der Waals surface area contributed by atoms with E-state index in [0.29, 0.717) is 12.5 Å². The zero-order valence-corrected chi connectivity index (χ0v) is 9.08. The van der Waals surface area contributed by atoms with E-state index in [0.717, 1.165) is 6.42 Å². The molecule has 0 aromatic rings. The molecule has 0 bridgehead atoms. The molecule has 1 atom stereocenters. The van der Waals surface area contributed by atoms with Crippen LogP contribution >= 0.6 is 0 Å². The van der Waals surface area contributed by atoms with E-state index in [-0.39, 0.29) is 6.42 Å². The quantitative estimate of drug-likeness (QED) is 0.716. The Hall–Kier alpha value is -0.570. The van der Waals surface area contributed by atoms with Crippen LogP contribution in [0.15, 0.2) is 0 Å². The van der Waals surface area contributed by atoms with Gasteiger partial charge in [0, 0.05) is 6.61 Å². The molecule has 0 radical (unpaired) electrons. The van der Waals surface area contributed by atoms with E-state index in [1.54, 1.807) is 0 Å². The van der Waals surface area contributed by atoms with E-state index < -0.39 is 11.6 Å². The highest BCUT2D eigenvalue weighted by atomic mass is 16.5. The van der Waals surface area contributed by atoms with Gasteiger partial charge in [-0.2, -0.15) is 0 Å². The number of carbonyl (C=O) groups is 1. The first-order chi connectivity index (χ1) is 6.56. The van der Waals surface area contributed by atoms with Crippen molar-refractivity contribution in [2.75, 3.05) is 6.61 Å². The molecule has 0 saturated heterocycles. The molecule has 1 aliphatic rings. The predicted octanol–water partition coefficient (Wildman–Crippen LogP) is 2.45. The van der Waals surface area contributed by atoms with Crippen molar-refractivity contribution in [2.24, 2.45) is 5.92 Å². The SMILES string of the molecule is CCOC(C)(CC(=O)O)CC1CCC1. The van der Waals surface area contributed by atoms with Crippen LogP contribution in [0.4, 0.5) is 0 Å². The van der Waals surface area contributed by atoms with Crippen molar-refractivity contribution < 1.29 is 14.6 Å². The summed E-state index contributed by atoms with van der Waals surface area (Å²) >= 11 is 0. The third-order valence-electron chi connectivity index (χ3n) is 2.96. The summed E-state index contributed by atoms with van der Waals surface area (Å²) in [6.45, 7) is 4.43. The standard InChI is InChI=1S/C11H20O3/c1-3-14-11(2,8-10(12)13)7-9-5-4-6-9/h9H,3-8H2,1-2H3,(H,12,13). The lowest BCUT2D eigenvalue weighted by Crippen LogP contribution is -2.36. The van der Waals surface area contributed by atoms with Crippen molar-refractivity contribution >= 4 is 5.97 Å². The Morgan fingerprint density at radius 1 is 1.57 bits per heavy atom. The van der Waals surface area contributed by atoms with Crippen molar-refractivity contribution in [2.45, 2.75) is 51.6 Å². The van der Waals surface area contributed by atoms with Gasteiger partial charge in [-0.1, -0.05) is 19.3 Å². The summed E-state index contributed by atoms with van der Waals surface area (Å²) in [6, 6.07) is 0. The molecule has 0 spiro atoms. The Balaban J connectivity index is 2.45. The van der Waals surface area contributed by atoms with E-state index in [1.807, 2.05) is 13.8 Å². The lowest BCUT2D eigenvalue weighted by molar-refractivity contribution is -0.146. The molecule has 1 saturated carbocycles. The lowest BCUT2D eigenvalue weighted by Gasteiger charge is -2.35. The van der Waals surface area contributed by atoms with Gasteiger partial charge in [-0.25, -0.2) is 0 Å². The minimum Gasteiger partial charge on any atom is -0.481 e. The fraction of sp³-hybridized carbons (Fsp3) is 0.909. The predicted molar refractivity (Wildman–Crippen MR) is 54.2 cm³/mol. The minimum atomic E-state index is -0.764. The van der Waals surface area contributed by atoms with E-state index in [4.69, 9.17) is 9.84 Å². The molecule has 1 rings (SSSR count). The molecule has 0 aromatic carbocycles. The Morgan fingerprint density at radius 3 is 2.57 bits per heavy atom. The van der Waals surface area contributed by atoms with Gasteiger partial charge >= 0.3 is 5.97 Å². The summed E-state index contributed by atoms with van der Waals surface area (Å²) in [5.41, 5.74) is -0.453. The van der Waals surface area contributed by atoms with Crippen molar-refractivity contribution in [1.82, 2.24) is 0 Å². The molecule has 0 aliphatic heterocycles. The van der Waals surface area contributed by atoms with Crippen molar-refractivity contribution in [3.8, 4) is 0 Å². The smallest absolute Gasteiger partial charge is 0.306 e. The molecule has 14 heavy (non-hydrogen) atoms. The first-order valence-corrected chi connectivity index (χ1v) is 5.41. The molecular weight excluding hydrogens is 180 g/mol. The van der Waals surface area contributed by atoms with Crippen LogP contribution in [0.3, 0.4) is 0 Å². The Morgan fingerprint density at radius 2 is 2.21 bits per heavy atom. The normalized spacial score (nSPS) is 21.3. The van der Waals surface area contributed by atoms with Gasteiger partial charge in [0.25, 0.3) is 0 Å². The first-order valence-electron chi connectivity index (χ1n) is 5.41. The van der Waals surface area contributed by atoms with Gasteiger partial charge in [0.1, 0.15) is 0 Å². The van der Waals surface area contributed by atoms with Crippen molar-refractivity contribution in [3.05, 3.63) is 0 Å². The fourth-order valence-corrected chi connectivity index (χ4v) is 2.16. The second kappa shape index (κ2) is 4.78. The lowest BCUT2D eigenvalue weighted by atomic mass is 9.77. The molecule has 1 aliphatic carbocycles. The number of aliphatic carboxylic acids is 1. The van der Waals surface area contributed by atoms with Crippen molar-refractivity contribution in [1.29, 1.82) is 0 Å². The van der Waals surface area contributed by atoms with E-state index >= 15 is 0 Å². The van der Waals surface area contributed by atoms with Gasteiger partial charge in [0.05, 0.1) is 12.0 Å². The third-order valence-corrected chi connectivity index (χ3v) is 2.96. The molecule has 1 N–H and O–H groups in total. The molecule has 3 heteroatoms. The molecule has 1 unspecified atom stereocenters. The molecule has 0 heterocycles. The largest absolute Gasteiger partial charge is 0.481 e. The van der Waals surface area contributed by atoms with Crippen molar-refractivity contribution in [3.63, 3.8) is 0 Å². The molecule has 82 valence electrons. The van der Waals surface area contributed by atoms with Crippen LogP contribution < -0.4 is 0 Å². The molecule has 3 nitrogen and oxygen atoms in total. The van der Waals surface area contributed by atoms with Gasteiger partial charge in [0.15, 0.2) is 0 Å². The Kier molecular flexibility index (Phi) is 3.93. The van der Waals surface area contributed by atoms with E-state index in [2.05, 4.69) is 0 Å². The highest BCUT2D eigenvalue weighted by molar-refractivity contribution is 5.68. The Bertz CT molecular complexity index is 199. The van der Waals surface area contributed by atoms with Gasteiger partial charge < -0.3 is 9.84 Å². The number of hydrogen-bond donors (Lipinski definition) is 1. The van der Waals surface area contributed by atoms with Crippen LogP contribution in [0.2, 0.25) is 0 Å². The number of carboxylic acids is 1. The van der Waals surface area contributed by atoms with Crippen LogP contribution in [-0.2, 0) is 9.53 Å². The highest BCUT2D eigenvalue weighted by Crippen LogP contribution is 2.36. The zero-order chi connectivity index (χ0) is 10.6. The second-order valence-electron chi connectivity index (χ2n) is 4.45. The fourth-order valence-electron chi connectivity index (χ4n) is 2.16. The summed E-state index contributed by atoms with van der Waals surface area (Å²) in [5.74, 6) is -0.0776. The summed E-state index contributed by atoms with van der Waals surface area (Å²) in [6.07, 6.45) is 4.79. The molecular formula is C11H20O3. The van der Waals surface area contributed by atoms with E-state index in [1.165, 1.54) is 19.3 Å². The first kappa shape index (κ1) is 11.5. The molecule has 1 fully saturated rings. The highest BCUT2D eigenvalue weighted by Gasteiger charge is 2.33. The number of ether oxygens (including phenoxy) is 1. The van der Waals surface area contributed by atoms with Gasteiger partial charge in [-0.15, -0.1) is 0 Å². The number of carboxylic acid groups (broad SMARTS) is 1. The maximum Gasteiger partial charge on any atom is 0.306 e. The average Bonchev–Trinajstić information content (AvgIpc) is 1.96. The van der Waals surface area contributed by atoms with Crippen LogP contribution in [0, 0.1) is 5.92 Å². The van der Waals surface area contributed by atoms with Gasteiger partial charge in [0.2, 0.25) is 0 Å². The maximum atomic E-state index is 10.7. The zero-order valence-electron chi connectivity index (χ0n) is 9.08. The van der Waals surface area contributed by atoms with Gasteiger partial charge in [-0.3, -0.25) is 4.79 Å². The topological polar surface area (TPSA) is 46.5 Å². The summed E-state index contributed by atoms with van der Waals surface area (Å²) < 4.78 is 5.57. The third kappa shape index (κ3) is 3.29. The minimum absolute atomic E-state index is 0.122. The van der Waals surface area contributed by atoms with Crippen LogP contribution in [0.1, 0.15) is 46.0 Å². The average molecular weight is 200 g/mol. The number of hydrogen-bond acceptors (Lipinski definition) is 2. The monoisotopic (exact) mass is 200 g/mol. The van der Waals surface area contributed by atoms with Crippen LogP contribution in [-0.4, -0.2) is 23.3 Å². The van der Waals surface area contributed by atoms with Crippen LogP contribution in [0.5, 0.6) is 0 Å². The molecule has 0 amide bonds. The second-order valence-corrected chi connectivity index (χ2v) is 4.45. The summed E-state index contributed by atoms with van der Waals surface area (Å²) in [4.78, 5) is 10.7.